The van der Waals surface area contributed by atoms with E-state index in [9.17, 15) is 4.79 Å². The molecular formula is C16H24N2O3. The van der Waals surface area contributed by atoms with E-state index in [1.165, 1.54) is 12.8 Å². The Bertz CT molecular complexity index is 473. The summed E-state index contributed by atoms with van der Waals surface area (Å²) < 4.78 is 10.7. The van der Waals surface area contributed by atoms with E-state index in [-0.39, 0.29) is 6.03 Å². The minimum absolute atomic E-state index is 0.221. The Hall–Kier alpha value is -1.75. The molecule has 1 aromatic rings. The van der Waals surface area contributed by atoms with Crippen molar-refractivity contribution in [2.75, 3.05) is 32.2 Å². The number of anilines is 1. The Morgan fingerprint density at radius 1 is 1.38 bits per heavy atom. The van der Waals surface area contributed by atoms with Gasteiger partial charge in [0.2, 0.25) is 0 Å². The molecular weight excluding hydrogens is 268 g/mol. The number of aryl methyl sites for hydroxylation is 1. The van der Waals surface area contributed by atoms with Crippen molar-refractivity contribution in [3.05, 3.63) is 23.8 Å². The van der Waals surface area contributed by atoms with Gasteiger partial charge in [0.1, 0.15) is 5.75 Å². The summed E-state index contributed by atoms with van der Waals surface area (Å²) in [5.74, 6) is 1.44. The molecule has 2 rings (SSSR count). The van der Waals surface area contributed by atoms with Crippen molar-refractivity contribution in [2.24, 2.45) is 5.92 Å². The van der Waals surface area contributed by atoms with Crippen molar-refractivity contribution in [3.8, 4) is 5.75 Å². The summed E-state index contributed by atoms with van der Waals surface area (Å²) in [4.78, 5) is 11.8. The molecule has 1 aliphatic rings. The highest BCUT2D eigenvalue weighted by Crippen LogP contribution is 2.28. The molecule has 0 bridgehead atoms. The molecule has 0 spiro atoms. The third-order valence-corrected chi connectivity index (χ3v) is 3.40. The van der Waals surface area contributed by atoms with Gasteiger partial charge < -0.3 is 20.1 Å². The molecule has 5 heteroatoms. The van der Waals surface area contributed by atoms with Crippen LogP contribution in [0.15, 0.2) is 18.2 Å². The Morgan fingerprint density at radius 2 is 2.19 bits per heavy atom. The average molecular weight is 292 g/mol. The maximum atomic E-state index is 11.8. The number of benzene rings is 1. The van der Waals surface area contributed by atoms with E-state index < -0.39 is 0 Å². The topological polar surface area (TPSA) is 59.6 Å². The fourth-order valence-electron chi connectivity index (χ4n) is 2.00. The number of methoxy groups -OCH3 is 1. The van der Waals surface area contributed by atoms with Crippen LogP contribution in [0.4, 0.5) is 10.5 Å². The van der Waals surface area contributed by atoms with Crippen LogP contribution in [0.3, 0.4) is 0 Å². The summed E-state index contributed by atoms with van der Waals surface area (Å²) in [6.07, 6.45) is 3.43. The van der Waals surface area contributed by atoms with Gasteiger partial charge in [-0.15, -0.1) is 0 Å². The van der Waals surface area contributed by atoms with Crippen LogP contribution in [0.5, 0.6) is 5.75 Å². The highest BCUT2D eigenvalue weighted by molar-refractivity contribution is 5.91. The van der Waals surface area contributed by atoms with E-state index in [1.54, 1.807) is 7.11 Å². The van der Waals surface area contributed by atoms with E-state index in [0.29, 0.717) is 24.6 Å². The summed E-state index contributed by atoms with van der Waals surface area (Å²) >= 11 is 0. The summed E-state index contributed by atoms with van der Waals surface area (Å²) in [6, 6.07) is 5.45. The van der Waals surface area contributed by atoms with E-state index in [0.717, 1.165) is 24.5 Å². The zero-order valence-corrected chi connectivity index (χ0v) is 12.8. The number of rotatable bonds is 8. The van der Waals surface area contributed by atoms with Crippen LogP contribution in [0.2, 0.25) is 0 Å². The normalized spacial score (nSPS) is 13.8. The van der Waals surface area contributed by atoms with Gasteiger partial charge in [0.15, 0.2) is 0 Å². The standard InChI is InChI=1S/C16H24N2O3/c1-12-4-7-15(20-2)14(10-12)18-16(19)17-8-3-9-21-11-13-5-6-13/h4,7,10,13H,3,5-6,8-9,11H2,1-2H3,(H2,17,18,19). The summed E-state index contributed by atoms with van der Waals surface area (Å²) in [5.41, 5.74) is 1.75. The van der Waals surface area contributed by atoms with Gasteiger partial charge in [0.25, 0.3) is 0 Å². The van der Waals surface area contributed by atoms with Gasteiger partial charge in [-0.25, -0.2) is 4.79 Å². The molecule has 2 amide bonds. The fourth-order valence-corrected chi connectivity index (χ4v) is 2.00. The van der Waals surface area contributed by atoms with Crippen molar-refractivity contribution < 1.29 is 14.3 Å². The molecule has 0 heterocycles. The molecule has 0 saturated heterocycles. The smallest absolute Gasteiger partial charge is 0.319 e. The van der Waals surface area contributed by atoms with Crippen LogP contribution in [-0.2, 0) is 4.74 Å². The van der Waals surface area contributed by atoms with Gasteiger partial charge in [-0.2, -0.15) is 0 Å². The fraction of sp³-hybridized carbons (Fsp3) is 0.562. The second kappa shape index (κ2) is 7.88. The first-order valence-electron chi connectivity index (χ1n) is 7.46. The van der Waals surface area contributed by atoms with Crippen molar-refractivity contribution in [2.45, 2.75) is 26.2 Å². The quantitative estimate of drug-likeness (QED) is 0.724. The molecule has 1 aromatic carbocycles. The van der Waals surface area contributed by atoms with E-state index in [4.69, 9.17) is 9.47 Å². The number of ether oxygens (including phenoxy) is 2. The third-order valence-electron chi connectivity index (χ3n) is 3.40. The zero-order valence-electron chi connectivity index (χ0n) is 12.8. The number of hydrogen-bond acceptors (Lipinski definition) is 3. The Balaban J connectivity index is 1.65. The highest BCUT2D eigenvalue weighted by Gasteiger charge is 2.20. The predicted molar refractivity (Wildman–Crippen MR) is 82.9 cm³/mol. The Morgan fingerprint density at radius 3 is 2.90 bits per heavy atom. The lowest BCUT2D eigenvalue weighted by atomic mass is 10.2. The molecule has 0 unspecified atom stereocenters. The lowest BCUT2D eigenvalue weighted by Crippen LogP contribution is -2.30. The summed E-state index contributed by atoms with van der Waals surface area (Å²) in [6.45, 7) is 4.14. The van der Waals surface area contributed by atoms with Crippen molar-refractivity contribution in [3.63, 3.8) is 0 Å². The van der Waals surface area contributed by atoms with Crippen LogP contribution < -0.4 is 15.4 Å². The van der Waals surface area contributed by atoms with Crippen molar-refractivity contribution in [1.82, 2.24) is 5.32 Å². The number of carbonyl (C=O) groups excluding carboxylic acids is 1. The maximum absolute atomic E-state index is 11.8. The molecule has 1 aliphatic carbocycles. The van der Waals surface area contributed by atoms with Gasteiger partial charge in [-0.3, -0.25) is 0 Å². The number of nitrogens with one attached hydrogen (secondary N) is 2. The lowest BCUT2D eigenvalue weighted by Gasteiger charge is -2.12. The van der Waals surface area contributed by atoms with Gasteiger partial charge in [0.05, 0.1) is 12.8 Å². The summed E-state index contributed by atoms with van der Waals surface area (Å²) in [7, 11) is 1.59. The zero-order chi connectivity index (χ0) is 15.1. The van der Waals surface area contributed by atoms with Gasteiger partial charge in [0, 0.05) is 19.8 Å². The Kier molecular flexibility index (Phi) is 5.87. The minimum Gasteiger partial charge on any atom is -0.495 e. The number of carbonyl (C=O) groups is 1. The molecule has 0 atom stereocenters. The predicted octanol–water partition coefficient (Wildman–Crippen LogP) is 2.94. The van der Waals surface area contributed by atoms with E-state index in [1.807, 2.05) is 25.1 Å². The molecule has 21 heavy (non-hydrogen) atoms. The van der Waals surface area contributed by atoms with Crippen LogP contribution in [0.1, 0.15) is 24.8 Å². The van der Waals surface area contributed by atoms with Gasteiger partial charge in [-0.1, -0.05) is 6.07 Å². The second-order valence-corrected chi connectivity index (χ2v) is 5.46. The number of amides is 2. The van der Waals surface area contributed by atoms with Gasteiger partial charge in [-0.05, 0) is 49.8 Å². The maximum Gasteiger partial charge on any atom is 0.319 e. The number of hydrogen-bond donors (Lipinski definition) is 2. The van der Waals surface area contributed by atoms with Gasteiger partial charge >= 0.3 is 6.03 Å². The molecule has 5 nitrogen and oxygen atoms in total. The monoisotopic (exact) mass is 292 g/mol. The van der Waals surface area contributed by atoms with Crippen LogP contribution in [0, 0.1) is 12.8 Å². The minimum atomic E-state index is -0.221. The molecule has 2 N–H and O–H groups in total. The molecule has 1 fully saturated rings. The SMILES string of the molecule is COc1ccc(C)cc1NC(=O)NCCCOCC1CC1. The summed E-state index contributed by atoms with van der Waals surface area (Å²) in [5, 5.41) is 5.63. The van der Waals surface area contributed by atoms with Crippen molar-refractivity contribution >= 4 is 11.7 Å². The molecule has 0 radical (unpaired) electrons. The van der Waals surface area contributed by atoms with E-state index >= 15 is 0 Å². The largest absolute Gasteiger partial charge is 0.495 e. The lowest BCUT2D eigenvalue weighted by molar-refractivity contribution is 0.122. The first-order chi connectivity index (χ1) is 10.2. The first kappa shape index (κ1) is 15.6. The van der Waals surface area contributed by atoms with Crippen LogP contribution >= 0.6 is 0 Å². The molecule has 0 aliphatic heterocycles. The molecule has 0 aromatic heterocycles. The third kappa shape index (κ3) is 5.63. The molecule has 116 valence electrons. The van der Waals surface area contributed by atoms with Crippen molar-refractivity contribution in [1.29, 1.82) is 0 Å². The van der Waals surface area contributed by atoms with E-state index in [2.05, 4.69) is 10.6 Å². The highest BCUT2D eigenvalue weighted by atomic mass is 16.5. The van der Waals surface area contributed by atoms with Crippen LogP contribution in [0.25, 0.3) is 0 Å². The second-order valence-electron chi connectivity index (χ2n) is 5.46. The molecule has 1 saturated carbocycles. The average Bonchev–Trinajstić information content (AvgIpc) is 3.27. The number of urea groups is 1. The van der Waals surface area contributed by atoms with Crippen LogP contribution in [-0.4, -0.2) is 32.9 Å². The Labute approximate surface area is 126 Å². The first-order valence-corrected chi connectivity index (χ1v) is 7.46.